The molecule has 3 rings (SSSR count). The molecular weight excluding hydrogens is 372 g/mol. The number of rotatable bonds is 4. The zero-order valence-electron chi connectivity index (χ0n) is 14.6. The maximum Gasteiger partial charge on any atom is 0.253 e. The van der Waals surface area contributed by atoms with Gasteiger partial charge >= 0.3 is 0 Å². The largest absolute Gasteiger partial charge is 0.336 e. The fourth-order valence-electron chi connectivity index (χ4n) is 2.99. The van der Waals surface area contributed by atoms with Crippen molar-refractivity contribution in [2.45, 2.75) is 18.2 Å². The van der Waals surface area contributed by atoms with Gasteiger partial charge in [0, 0.05) is 31.7 Å². The van der Waals surface area contributed by atoms with Crippen molar-refractivity contribution >= 4 is 27.5 Å². The van der Waals surface area contributed by atoms with E-state index >= 15 is 0 Å². The van der Waals surface area contributed by atoms with Crippen molar-refractivity contribution in [3.63, 3.8) is 0 Å². The van der Waals surface area contributed by atoms with E-state index in [0.717, 1.165) is 6.42 Å². The Balaban J connectivity index is 1.68. The van der Waals surface area contributed by atoms with Crippen LogP contribution in [0.1, 0.15) is 22.8 Å². The van der Waals surface area contributed by atoms with Crippen LogP contribution in [0, 0.1) is 0 Å². The van der Waals surface area contributed by atoms with Gasteiger partial charge in [-0.2, -0.15) is 4.31 Å². The summed E-state index contributed by atoms with van der Waals surface area (Å²) in [7, 11) is -3.65. The smallest absolute Gasteiger partial charge is 0.253 e. The van der Waals surface area contributed by atoms with E-state index in [-0.39, 0.29) is 28.9 Å². The van der Waals surface area contributed by atoms with Crippen LogP contribution in [0.15, 0.2) is 53.4 Å². The van der Waals surface area contributed by atoms with Crippen LogP contribution in [0.5, 0.6) is 0 Å². The summed E-state index contributed by atoms with van der Waals surface area (Å²) in [4.78, 5) is 14.4. The fraction of sp³-hybridized carbons (Fsp3) is 0.316. The SMILES string of the molecule is CCc1ccc(C(=O)N2CCN(S(=O)(=O)c3ccccc3Cl)CC2)cc1. The van der Waals surface area contributed by atoms with Gasteiger partial charge in [-0.25, -0.2) is 8.42 Å². The first-order valence-electron chi connectivity index (χ1n) is 8.56. The summed E-state index contributed by atoms with van der Waals surface area (Å²) in [5, 5.41) is 0.210. The van der Waals surface area contributed by atoms with E-state index in [9.17, 15) is 13.2 Å². The van der Waals surface area contributed by atoms with Crippen LogP contribution in [0.3, 0.4) is 0 Å². The molecule has 2 aromatic carbocycles. The first kappa shape index (κ1) is 18.9. The van der Waals surface area contributed by atoms with Crippen molar-refractivity contribution in [2.75, 3.05) is 26.2 Å². The summed E-state index contributed by atoms with van der Waals surface area (Å²) < 4.78 is 26.9. The number of halogens is 1. The number of piperazine rings is 1. The predicted octanol–water partition coefficient (Wildman–Crippen LogP) is 3.05. The maximum atomic E-state index is 12.8. The van der Waals surface area contributed by atoms with Crippen molar-refractivity contribution in [3.05, 3.63) is 64.7 Å². The second-order valence-corrected chi connectivity index (χ2v) is 8.49. The Morgan fingerprint density at radius 1 is 1.00 bits per heavy atom. The van der Waals surface area contributed by atoms with E-state index < -0.39 is 10.0 Å². The van der Waals surface area contributed by atoms with Gasteiger partial charge in [-0.1, -0.05) is 42.8 Å². The van der Waals surface area contributed by atoms with Crippen LogP contribution >= 0.6 is 11.6 Å². The molecule has 1 amide bonds. The predicted molar refractivity (Wildman–Crippen MR) is 102 cm³/mol. The molecule has 0 radical (unpaired) electrons. The molecule has 1 aliphatic rings. The number of hydrogen-bond acceptors (Lipinski definition) is 3. The van der Waals surface area contributed by atoms with Gasteiger partial charge in [0.2, 0.25) is 10.0 Å². The lowest BCUT2D eigenvalue weighted by Crippen LogP contribution is -2.50. The summed E-state index contributed by atoms with van der Waals surface area (Å²) in [5.41, 5.74) is 1.81. The number of amides is 1. The molecule has 7 heteroatoms. The van der Waals surface area contributed by atoms with Crippen molar-refractivity contribution in [1.82, 2.24) is 9.21 Å². The minimum absolute atomic E-state index is 0.0672. The molecule has 1 aliphatic heterocycles. The molecule has 2 aromatic rings. The second kappa shape index (κ2) is 7.78. The average molecular weight is 393 g/mol. The van der Waals surface area contributed by atoms with Crippen molar-refractivity contribution in [1.29, 1.82) is 0 Å². The summed E-state index contributed by atoms with van der Waals surface area (Å²) in [5.74, 6) is -0.0672. The van der Waals surface area contributed by atoms with E-state index in [2.05, 4.69) is 6.92 Å². The molecule has 0 aliphatic carbocycles. The maximum absolute atomic E-state index is 12.8. The standard InChI is InChI=1S/C19H21ClN2O3S/c1-2-15-7-9-16(10-8-15)19(23)21-11-13-22(14-12-21)26(24,25)18-6-4-3-5-17(18)20/h3-10H,2,11-14H2,1H3. The Hall–Kier alpha value is -1.89. The van der Waals surface area contributed by atoms with E-state index in [4.69, 9.17) is 11.6 Å². The minimum atomic E-state index is -3.65. The van der Waals surface area contributed by atoms with E-state index in [1.165, 1.54) is 15.9 Å². The molecule has 1 saturated heterocycles. The number of carbonyl (C=O) groups is 1. The fourth-order valence-corrected chi connectivity index (χ4v) is 4.91. The first-order chi connectivity index (χ1) is 12.4. The molecule has 5 nitrogen and oxygen atoms in total. The molecule has 0 aromatic heterocycles. The van der Waals surface area contributed by atoms with Crippen molar-refractivity contribution in [2.24, 2.45) is 0 Å². The van der Waals surface area contributed by atoms with Gasteiger partial charge < -0.3 is 4.90 Å². The number of hydrogen-bond donors (Lipinski definition) is 0. The second-order valence-electron chi connectivity index (χ2n) is 6.18. The zero-order chi connectivity index (χ0) is 18.7. The molecule has 0 atom stereocenters. The Labute approximate surface area is 159 Å². The van der Waals surface area contributed by atoms with Crippen LogP contribution in [0.2, 0.25) is 5.02 Å². The van der Waals surface area contributed by atoms with Crippen LogP contribution in [-0.4, -0.2) is 49.7 Å². The third-order valence-corrected chi connectivity index (χ3v) is 6.99. The zero-order valence-corrected chi connectivity index (χ0v) is 16.1. The van der Waals surface area contributed by atoms with Gasteiger partial charge in [-0.05, 0) is 36.2 Å². The van der Waals surface area contributed by atoms with Gasteiger partial charge in [0.05, 0.1) is 5.02 Å². The number of carbonyl (C=O) groups excluding carboxylic acids is 1. The van der Waals surface area contributed by atoms with E-state index in [1.54, 1.807) is 23.1 Å². The number of aryl methyl sites for hydroxylation is 1. The van der Waals surface area contributed by atoms with Crippen LogP contribution in [-0.2, 0) is 16.4 Å². The Kier molecular flexibility index (Phi) is 5.65. The van der Waals surface area contributed by atoms with Gasteiger partial charge in [-0.3, -0.25) is 4.79 Å². The molecule has 1 fully saturated rings. The molecule has 0 saturated carbocycles. The van der Waals surface area contributed by atoms with Crippen molar-refractivity contribution in [3.8, 4) is 0 Å². The normalized spacial score (nSPS) is 15.8. The summed E-state index contributed by atoms with van der Waals surface area (Å²) in [6, 6.07) is 14.0. The Morgan fingerprint density at radius 2 is 1.62 bits per heavy atom. The molecule has 138 valence electrons. The molecule has 0 N–H and O–H groups in total. The quantitative estimate of drug-likeness (QED) is 0.803. The van der Waals surface area contributed by atoms with Crippen LogP contribution < -0.4 is 0 Å². The molecule has 0 spiro atoms. The number of sulfonamides is 1. The van der Waals surface area contributed by atoms with Gasteiger partial charge in [-0.15, -0.1) is 0 Å². The Morgan fingerprint density at radius 3 is 2.19 bits per heavy atom. The van der Waals surface area contributed by atoms with Crippen LogP contribution in [0.4, 0.5) is 0 Å². The third-order valence-electron chi connectivity index (χ3n) is 4.59. The van der Waals surface area contributed by atoms with Gasteiger partial charge in [0.25, 0.3) is 5.91 Å². The highest BCUT2D eigenvalue weighted by molar-refractivity contribution is 7.89. The highest BCUT2D eigenvalue weighted by Gasteiger charge is 2.31. The minimum Gasteiger partial charge on any atom is -0.336 e. The third kappa shape index (κ3) is 3.77. The van der Waals surface area contributed by atoms with E-state index in [0.29, 0.717) is 18.7 Å². The lowest BCUT2D eigenvalue weighted by atomic mass is 10.1. The highest BCUT2D eigenvalue weighted by Crippen LogP contribution is 2.25. The Bertz CT molecular complexity index is 889. The highest BCUT2D eigenvalue weighted by atomic mass is 35.5. The van der Waals surface area contributed by atoms with Gasteiger partial charge in [0.15, 0.2) is 0 Å². The summed E-state index contributed by atoms with van der Waals surface area (Å²) in [6.07, 6.45) is 0.924. The number of benzene rings is 2. The molecule has 0 bridgehead atoms. The summed E-state index contributed by atoms with van der Waals surface area (Å²) in [6.45, 7) is 3.30. The van der Waals surface area contributed by atoms with Crippen molar-refractivity contribution < 1.29 is 13.2 Å². The molecule has 26 heavy (non-hydrogen) atoms. The summed E-state index contributed by atoms with van der Waals surface area (Å²) >= 11 is 6.04. The molecule has 0 unspecified atom stereocenters. The lowest BCUT2D eigenvalue weighted by molar-refractivity contribution is 0.0698. The van der Waals surface area contributed by atoms with E-state index in [1.807, 2.05) is 24.3 Å². The first-order valence-corrected chi connectivity index (χ1v) is 10.4. The topological polar surface area (TPSA) is 57.7 Å². The lowest BCUT2D eigenvalue weighted by Gasteiger charge is -2.34. The van der Waals surface area contributed by atoms with Gasteiger partial charge in [0.1, 0.15) is 4.90 Å². The monoisotopic (exact) mass is 392 g/mol. The average Bonchev–Trinajstić information content (AvgIpc) is 2.68. The van der Waals surface area contributed by atoms with Crippen LogP contribution in [0.25, 0.3) is 0 Å². The molecule has 1 heterocycles. The molecular formula is C19H21ClN2O3S. The number of nitrogens with zero attached hydrogens (tertiary/aromatic N) is 2.